The molecule has 15 heavy (non-hydrogen) atoms. The van der Waals surface area contributed by atoms with E-state index in [0.29, 0.717) is 0 Å². The average molecular weight is 204 g/mol. The maximum absolute atomic E-state index is 11.6. The Hall–Kier alpha value is -1.64. The molecule has 79 valence electrons. The summed E-state index contributed by atoms with van der Waals surface area (Å²) in [5.41, 5.74) is 0.938. The summed E-state index contributed by atoms with van der Waals surface area (Å²) in [6, 6.07) is 8.89. The Labute approximate surface area is 89.5 Å². The first-order chi connectivity index (χ1) is 7.15. The summed E-state index contributed by atoms with van der Waals surface area (Å²) in [6.07, 6.45) is 1.72. The van der Waals surface area contributed by atoms with Crippen LogP contribution < -0.4 is 5.32 Å². The third-order valence-corrected chi connectivity index (χ3v) is 2.23. The summed E-state index contributed by atoms with van der Waals surface area (Å²) in [4.78, 5) is 21.9. The number of hydrogen-bond acceptors (Lipinski definition) is 2. The lowest BCUT2D eigenvalue weighted by atomic mass is 10.0. The lowest BCUT2D eigenvalue weighted by molar-refractivity contribution is -0.122. The Morgan fingerprint density at radius 2 is 1.87 bits per heavy atom. The molecule has 1 radical (unpaired) electrons. The largest absolute Gasteiger partial charge is 0.346 e. The topological polar surface area (TPSA) is 46.2 Å². The molecule has 0 aliphatic carbocycles. The molecule has 0 spiro atoms. The second-order valence-corrected chi connectivity index (χ2v) is 3.48. The fraction of sp³-hybridized carbons (Fsp3) is 0.333. The van der Waals surface area contributed by atoms with E-state index in [0.717, 1.165) is 5.56 Å². The van der Waals surface area contributed by atoms with Crippen LogP contribution in [0.25, 0.3) is 0 Å². The summed E-state index contributed by atoms with van der Waals surface area (Å²) in [7, 11) is 0. The highest BCUT2D eigenvalue weighted by Crippen LogP contribution is 2.14. The van der Waals surface area contributed by atoms with Gasteiger partial charge in [0.2, 0.25) is 12.2 Å². The van der Waals surface area contributed by atoms with Gasteiger partial charge in [-0.05, 0) is 19.4 Å². The van der Waals surface area contributed by atoms with Crippen molar-refractivity contribution >= 4 is 12.2 Å². The van der Waals surface area contributed by atoms with Crippen molar-refractivity contribution in [2.75, 3.05) is 0 Å². The molecule has 0 bridgehead atoms. The zero-order valence-electron chi connectivity index (χ0n) is 8.86. The Morgan fingerprint density at radius 3 is 2.40 bits per heavy atom. The molecule has 0 aliphatic heterocycles. The van der Waals surface area contributed by atoms with Crippen molar-refractivity contribution in [3.63, 3.8) is 0 Å². The van der Waals surface area contributed by atoms with Crippen LogP contribution in [0.4, 0.5) is 0 Å². The van der Waals surface area contributed by atoms with Crippen molar-refractivity contribution in [2.45, 2.75) is 25.8 Å². The van der Waals surface area contributed by atoms with Crippen molar-refractivity contribution in [1.82, 2.24) is 5.32 Å². The molecule has 1 amide bonds. The molecule has 3 nitrogen and oxygen atoms in total. The number of carbonyl (C=O) groups excluding carboxylic acids is 2. The van der Waals surface area contributed by atoms with Crippen LogP contribution in [-0.2, 0) is 9.59 Å². The predicted octanol–water partition coefficient (Wildman–Crippen LogP) is 1.40. The van der Waals surface area contributed by atoms with Crippen LogP contribution >= 0.6 is 0 Å². The maximum atomic E-state index is 11.6. The zero-order chi connectivity index (χ0) is 11.3. The van der Waals surface area contributed by atoms with Crippen LogP contribution in [0.15, 0.2) is 30.3 Å². The second-order valence-electron chi connectivity index (χ2n) is 3.48. The molecule has 0 saturated carbocycles. The first-order valence-corrected chi connectivity index (χ1v) is 4.88. The van der Waals surface area contributed by atoms with Gasteiger partial charge in [-0.2, -0.15) is 0 Å². The Morgan fingerprint density at radius 1 is 1.27 bits per heavy atom. The van der Waals surface area contributed by atoms with Gasteiger partial charge in [0.1, 0.15) is 0 Å². The molecule has 3 heteroatoms. The van der Waals surface area contributed by atoms with Gasteiger partial charge < -0.3 is 5.32 Å². The van der Waals surface area contributed by atoms with Gasteiger partial charge in [-0.25, -0.2) is 0 Å². The van der Waals surface area contributed by atoms with Gasteiger partial charge in [0.25, 0.3) is 0 Å². The van der Waals surface area contributed by atoms with E-state index in [1.807, 2.05) is 37.3 Å². The van der Waals surface area contributed by atoms with Gasteiger partial charge in [-0.1, -0.05) is 30.3 Å². The molecule has 1 rings (SSSR count). The maximum Gasteiger partial charge on any atom is 0.227 e. The second kappa shape index (κ2) is 5.29. The highest BCUT2D eigenvalue weighted by molar-refractivity contribution is 5.85. The molecule has 0 aromatic heterocycles. The van der Waals surface area contributed by atoms with E-state index in [1.54, 1.807) is 13.2 Å². The SMILES string of the molecule is CC([C]=O)NC(=O)C(C)c1ccccc1. The van der Waals surface area contributed by atoms with Crippen LogP contribution in [0.1, 0.15) is 25.3 Å². The molecule has 2 atom stereocenters. The van der Waals surface area contributed by atoms with Crippen LogP contribution in [0.3, 0.4) is 0 Å². The summed E-state index contributed by atoms with van der Waals surface area (Å²) in [5.74, 6) is -0.404. The normalized spacial score (nSPS) is 14.0. The monoisotopic (exact) mass is 204 g/mol. The minimum absolute atomic E-state index is 0.156. The van der Waals surface area contributed by atoms with Gasteiger partial charge in [0, 0.05) is 0 Å². The fourth-order valence-corrected chi connectivity index (χ4v) is 1.26. The number of benzene rings is 1. The summed E-state index contributed by atoms with van der Waals surface area (Å²) in [5, 5.41) is 2.57. The van der Waals surface area contributed by atoms with E-state index in [-0.39, 0.29) is 11.8 Å². The molecule has 2 unspecified atom stereocenters. The van der Waals surface area contributed by atoms with Crippen molar-refractivity contribution in [1.29, 1.82) is 0 Å². The van der Waals surface area contributed by atoms with Crippen molar-refractivity contribution in [2.24, 2.45) is 0 Å². The van der Waals surface area contributed by atoms with Gasteiger partial charge >= 0.3 is 0 Å². The highest BCUT2D eigenvalue weighted by atomic mass is 16.2. The molecule has 0 fully saturated rings. The number of nitrogens with one attached hydrogen (secondary N) is 1. The molecule has 1 aromatic carbocycles. The Kier molecular flexibility index (Phi) is 4.03. The Balaban J connectivity index is 2.65. The summed E-state index contributed by atoms with van der Waals surface area (Å²) < 4.78 is 0. The number of hydrogen-bond donors (Lipinski definition) is 1. The summed E-state index contributed by atoms with van der Waals surface area (Å²) >= 11 is 0. The smallest absolute Gasteiger partial charge is 0.227 e. The molecule has 1 N–H and O–H groups in total. The fourth-order valence-electron chi connectivity index (χ4n) is 1.26. The van der Waals surface area contributed by atoms with E-state index in [4.69, 9.17) is 0 Å². The predicted molar refractivity (Wildman–Crippen MR) is 58.2 cm³/mol. The lowest BCUT2D eigenvalue weighted by Gasteiger charge is -2.13. The number of carbonyl (C=O) groups is 1. The van der Waals surface area contributed by atoms with Crippen LogP contribution in [0.2, 0.25) is 0 Å². The summed E-state index contributed by atoms with van der Waals surface area (Å²) in [6.45, 7) is 3.41. The lowest BCUT2D eigenvalue weighted by Crippen LogP contribution is -2.36. The molecular weight excluding hydrogens is 190 g/mol. The quantitative estimate of drug-likeness (QED) is 0.805. The van der Waals surface area contributed by atoms with Crippen molar-refractivity contribution in [3.8, 4) is 0 Å². The average Bonchev–Trinajstić information content (AvgIpc) is 2.29. The van der Waals surface area contributed by atoms with E-state index in [2.05, 4.69) is 5.32 Å². The minimum atomic E-state index is -0.552. The first-order valence-electron chi connectivity index (χ1n) is 4.88. The van der Waals surface area contributed by atoms with Gasteiger partial charge in [0.15, 0.2) is 0 Å². The molecule has 0 heterocycles. The molecule has 1 aromatic rings. The standard InChI is InChI=1S/C12H14NO2/c1-9(8-14)13-12(15)10(2)11-6-4-3-5-7-11/h3-7,9-10H,1-2H3,(H,13,15). The number of amides is 1. The zero-order valence-corrected chi connectivity index (χ0v) is 8.86. The van der Waals surface area contributed by atoms with E-state index < -0.39 is 6.04 Å². The van der Waals surface area contributed by atoms with Crippen LogP contribution in [0.5, 0.6) is 0 Å². The van der Waals surface area contributed by atoms with Crippen molar-refractivity contribution in [3.05, 3.63) is 35.9 Å². The van der Waals surface area contributed by atoms with Crippen LogP contribution in [-0.4, -0.2) is 18.2 Å². The third-order valence-electron chi connectivity index (χ3n) is 2.23. The molecule has 0 aliphatic rings. The minimum Gasteiger partial charge on any atom is -0.346 e. The number of rotatable bonds is 4. The molecule has 0 saturated heterocycles. The van der Waals surface area contributed by atoms with Crippen molar-refractivity contribution < 1.29 is 9.59 Å². The Bertz CT molecular complexity index is 335. The van der Waals surface area contributed by atoms with E-state index >= 15 is 0 Å². The van der Waals surface area contributed by atoms with Gasteiger partial charge in [-0.15, -0.1) is 0 Å². The van der Waals surface area contributed by atoms with Gasteiger partial charge in [-0.3, -0.25) is 9.59 Å². The highest BCUT2D eigenvalue weighted by Gasteiger charge is 2.16. The van der Waals surface area contributed by atoms with E-state index in [9.17, 15) is 9.59 Å². The van der Waals surface area contributed by atoms with Gasteiger partial charge in [0.05, 0.1) is 12.0 Å². The first kappa shape index (κ1) is 11.4. The molecular formula is C12H14NO2. The van der Waals surface area contributed by atoms with Crippen LogP contribution in [0, 0.1) is 0 Å². The van der Waals surface area contributed by atoms with E-state index in [1.165, 1.54) is 0 Å². The third kappa shape index (κ3) is 3.20.